The van der Waals surface area contributed by atoms with Crippen molar-refractivity contribution in [3.05, 3.63) is 47.7 Å². The first-order chi connectivity index (χ1) is 8.58. The number of aromatic nitrogens is 1. The second kappa shape index (κ2) is 4.82. The van der Waals surface area contributed by atoms with Crippen LogP contribution in [0.1, 0.15) is 16.1 Å². The quantitative estimate of drug-likeness (QED) is 0.875. The number of aromatic carboxylic acids is 1. The van der Waals surface area contributed by atoms with Crippen LogP contribution >= 0.6 is 0 Å². The third-order valence-corrected chi connectivity index (χ3v) is 2.22. The summed E-state index contributed by atoms with van der Waals surface area (Å²) in [5.41, 5.74) is -0.721. The number of carbonyl (C=O) groups is 1. The topological polar surface area (TPSA) is 75.4 Å². The van der Waals surface area contributed by atoms with Crippen LogP contribution in [-0.2, 0) is 6.54 Å². The number of halogens is 2. The molecule has 2 aromatic rings. The second-order valence-corrected chi connectivity index (χ2v) is 3.44. The van der Waals surface area contributed by atoms with Crippen molar-refractivity contribution in [3.8, 4) is 0 Å². The molecule has 0 aliphatic heterocycles. The monoisotopic (exact) mass is 254 g/mol. The van der Waals surface area contributed by atoms with Crippen LogP contribution in [0.3, 0.4) is 0 Å². The van der Waals surface area contributed by atoms with Crippen molar-refractivity contribution in [3.63, 3.8) is 0 Å². The van der Waals surface area contributed by atoms with E-state index in [2.05, 4.69) is 10.3 Å². The Hall–Kier alpha value is -2.44. The molecule has 0 unspecified atom stereocenters. The number of benzene rings is 1. The smallest absolute Gasteiger partial charge is 0.338 e. The number of hydrogen-bond donors (Lipinski definition) is 2. The van der Waals surface area contributed by atoms with Crippen molar-refractivity contribution in [2.24, 2.45) is 0 Å². The molecular weight excluding hydrogens is 246 g/mol. The van der Waals surface area contributed by atoms with Crippen molar-refractivity contribution in [1.82, 2.24) is 4.98 Å². The Balaban J connectivity index is 2.22. The molecule has 0 aliphatic rings. The molecule has 0 radical (unpaired) electrons. The largest absolute Gasteiger partial charge is 0.478 e. The van der Waals surface area contributed by atoms with Gasteiger partial charge in [-0.2, -0.15) is 0 Å². The van der Waals surface area contributed by atoms with Crippen LogP contribution in [0.15, 0.2) is 29.1 Å². The maximum Gasteiger partial charge on any atom is 0.338 e. The highest BCUT2D eigenvalue weighted by Crippen LogP contribution is 2.20. The van der Waals surface area contributed by atoms with Crippen LogP contribution in [0.4, 0.5) is 14.5 Å². The Morgan fingerprint density at radius 3 is 2.78 bits per heavy atom. The van der Waals surface area contributed by atoms with Crippen LogP contribution in [-0.4, -0.2) is 16.1 Å². The van der Waals surface area contributed by atoms with E-state index in [0.29, 0.717) is 11.8 Å². The van der Waals surface area contributed by atoms with Gasteiger partial charge in [0.25, 0.3) is 0 Å². The van der Waals surface area contributed by atoms with Gasteiger partial charge in [-0.1, -0.05) is 0 Å². The second-order valence-electron chi connectivity index (χ2n) is 3.44. The third-order valence-electron chi connectivity index (χ3n) is 2.22. The van der Waals surface area contributed by atoms with Gasteiger partial charge in [-0.3, -0.25) is 0 Å². The molecule has 5 nitrogen and oxygen atoms in total. The summed E-state index contributed by atoms with van der Waals surface area (Å²) >= 11 is 0. The minimum absolute atomic E-state index is 0.113. The molecule has 2 N–H and O–H groups in total. The van der Waals surface area contributed by atoms with Crippen molar-refractivity contribution in [1.29, 1.82) is 0 Å². The number of nitrogens with zero attached hydrogens (tertiary/aromatic N) is 1. The summed E-state index contributed by atoms with van der Waals surface area (Å²) in [6.07, 6.45) is 2.63. The number of carboxylic acids is 1. The summed E-state index contributed by atoms with van der Waals surface area (Å²) in [6.45, 7) is 0.113. The van der Waals surface area contributed by atoms with Crippen molar-refractivity contribution >= 4 is 11.7 Å². The predicted molar refractivity (Wildman–Crippen MR) is 57.1 cm³/mol. The molecule has 18 heavy (non-hydrogen) atoms. The lowest BCUT2D eigenvalue weighted by Gasteiger charge is -2.07. The summed E-state index contributed by atoms with van der Waals surface area (Å²) in [5.74, 6) is -3.02. The predicted octanol–water partition coefficient (Wildman–Crippen LogP) is 2.26. The highest BCUT2D eigenvalue weighted by Gasteiger charge is 2.15. The normalized spacial score (nSPS) is 10.3. The summed E-state index contributed by atoms with van der Waals surface area (Å²) in [7, 11) is 0. The maximum atomic E-state index is 13.4. The van der Waals surface area contributed by atoms with Gasteiger partial charge in [0.05, 0.1) is 24.0 Å². The van der Waals surface area contributed by atoms with Crippen LogP contribution < -0.4 is 5.32 Å². The maximum absolute atomic E-state index is 13.4. The van der Waals surface area contributed by atoms with Crippen LogP contribution in [0.2, 0.25) is 0 Å². The minimum atomic E-state index is -1.46. The highest BCUT2D eigenvalue weighted by molar-refractivity contribution is 5.89. The van der Waals surface area contributed by atoms with Gasteiger partial charge >= 0.3 is 5.97 Å². The minimum Gasteiger partial charge on any atom is -0.478 e. The lowest BCUT2D eigenvalue weighted by molar-refractivity contribution is 0.0692. The fourth-order valence-electron chi connectivity index (χ4n) is 1.36. The van der Waals surface area contributed by atoms with E-state index in [4.69, 9.17) is 9.52 Å². The number of oxazole rings is 1. The van der Waals surface area contributed by atoms with Crippen molar-refractivity contribution < 1.29 is 23.1 Å². The molecule has 0 amide bonds. The Kier molecular flexibility index (Phi) is 3.22. The van der Waals surface area contributed by atoms with Gasteiger partial charge in [-0.15, -0.1) is 0 Å². The summed E-state index contributed by atoms with van der Waals surface area (Å²) in [5, 5.41) is 11.3. The molecule has 0 saturated heterocycles. The van der Waals surface area contributed by atoms with E-state index in [-0.39, 0.29) is 12.2 Å². The first-order valence-corrected chi connectivity index (χ1v) is 4.91. The number of carboxylic acid groups (broad SMARTS) is 1. The number of anilines is 1. The Morgan fingerprint density at radius 2 is 2.17 bits per heavy atom. The molecule has 1 heterocycles. The summed E-state index contributed by atoms with van der Waals surface area (Å²) < 4.78 is 31.4. The fraction of sp³-hybridized carbons (Fsp3) is 0.0909. The molecule has 94 valence electrons. The van der Waals surface area contributed by atoms with Crippen molar-refractivity contribution in [2.75, 3.05) is 5.32 Å². The standard InChI is InChI=1S/C11H8F2N2O3/c12-8-2-9(13)10(1-7(8)11(16)17)15-4-6-3-14-5-18-6/h1-3,5,15H,4H2,(H,16,17). The average molecular weight is 254 g/mol. The van der Waals surface area contributed by atoms with Gasteiger partial charge in [-0.05, 0) is 6.07 Å². The molecule has 2 rings (SSSR count). The first kappa shape index (κ1) is 12.0. The van der Waals surface area contributed by atoms with Gasteiger partial charge in [0.2, 0.25) is 0 Å². The highest BCUT2D eigenvalue weighted by atomic mass is 19.1. The van der Waals surface area contributed by atoms with E-state index in [0.717, 1.165) is 6.07 Å². The molecular formula is C11H8F2N2O3. The van der Waals surface area contributed by atoms with E-state index in [1.165, 1.54) is 12.6 Å². The van der Waals surface area contributed by atoms with E-state index >= 15 is 0 Å². The Bertz CT molecular complexity index is 570. The molecule has 1 aromatic heterocycles. The zero-order valence-corrected chi connectivity index (χ0v) is 8.98. The Morgan fingerprint density at radius 1 is 1.39 bits per heavy atom. The molecule has 0 bridgehead atoms. The molecule has 0 saturated carbocycles. The molecule has 0 fully saturated rings. The van der Waals surface area contributed by atoms with Crippen molar-refractivity contribution in [2.45, 2.75) is 6.54 Å². The zero-order valence-electron chi connectivity index (χ0n) is 8.98. The Labute approximate surface area is 100 Å². The third kappa shape index (κ3) is 2.45. The summed E-state index contributed by atoms with van der Waals surface area (Å²) in [6, 6.07) is 1.41. The first-order valence-electron chi connectivity index (χ1n) is 4.91. The summed E-state index contributed by atoms with van der Waals surface area (Å²) in [4.78, 5) is 14.4. The van der Waals surface area contributed by atoms with E-state index < -0.39 is 23.2 Å². The number of nitrogens with one attached hydrogen (secondary N) is 1. The molecule has 7 heteroatoms. The van der Waals surface area contributed by atoms with E-state index in [9.17, 15) is 13.6 Å². The van der Waals surface area contributed by atoms with E-state index in [1.807, 2.05) is 0 Å². The lowest BCUT2D eigenvalue weighted by atomic mass is 10.2. The SMILES string of the molecule is O=C(O)c1cc(NCc2cnco2)c(F)cc1F. The van der Waals surface area contributed by atoms with Gasteiger partial charge < -0.3 is 14.8 Å². The van der Waals surface area contributed by atoms with Crippen LogP contribution in [0.25, 0.3) is 0 Å². The average Bonchev–Trinajstić information content (AvgIpc) is 2.80. The van der Waals surface area contributed by atoms with Gasteiger partial charge in [0.1, 0.15) is 17.4 Å². The molecule has 0 aliphatic carbocycles. The van der Waals surface area contributed by atoms with Crippen LogP contribution in [0.5, 0.6) is 0 Å². The fourth-order valence-corrected chi connectivity index (χ4v) is 1.36. The molecule has 0 atom stereocenters. The van der Waals surface area contributed by atoms with Gasteiger partial charge in [-0.25, -0.2) is 18.6 Å². The number of rotatable bonds is 4. The van der Waals surface area contributed by atoms with Crippen LogP contribution in [0, 0.1) is 11.6 Å². The molecule has 0 spiro atoms. The van der Waals surface area contributed by atoms with Gasteiger partial charge in [0, 0.05) is 6.07 Å². The van der Waals surface area contributed by atoms with Gasteiger partial charge in [0.15, 0.2) is 6.39 Å². The number of hydrogen-bond acceptors (Lipinski definition) is 4. The molecule has 1 aromatic carbocycles. The van der Waals surface area contributed by atoms with E-state index in [1.54, 1.807) is 0 Å². The zero-order chi connectivity index (χ0) is 13.1. The lowest BCUT2D eigenvalue weighted by Crippen LogP contribution is -2.06.